The van der Waals surface area contributed by atoms with Crippen LogP contribution in [-0.2, 0) is 5.41 Å². The highest BCUT2D eigenvalue weighted by molar-refractivity contribution is 6.06. The number of hydrogen-bond acceptors (Lipinski definition) is 2. The molecule has 0 atom stereocenters. The summed E-state index contributed by atoms with van der Waals surface area (Å²) in [6.07, 6.45) is 0. The van der Waals surface area contributed by atoms with E-state index in [-0.39, 0.29) is 5.41 Å². The third-order valence-electron chi connectivity index (χ3n) is 11.8. The minimum absolute atomic E-state index is 0.103. The largest absolute Gasteiger partial charge is 0.456 e. The molecule has 0 N–H and O–H groups in total. The second-order valence-electron chi connectivity index (χ2n) is 15.4. The van der Waals surface area contributed by atoms with Gasteiger partial charge in [0.25, 0.3) is 0 Å². The topological polar surface area (TPSA) is 16.4 Å². The van der Waals surface area contributed by atoms with E-state index in [9.17, 15) is 0 Å². The predicted molar refractivity (Wildman–Crippen MR) is 232 cm³/mol. The SMILES string of the molecule is CC1(C)c2ccccc2-c2ccc(N(c3ccc(-c4ccc5cc(-c6ccc7ccccc7c6)ccc5c4)cc3)c3ccc4oc5ccccc5c4c3)cc21. The molecular weight excluding hydrogens is 667 g/mol. The van der Waals surface area contributed by atoms with Gasteiger partial charge in [0.15, 0.2) is 0 Å². The Morgan fingerprint density at radius 3 is 1.67 bits per heavy atom. The van der Waals surface area contributed by atoms with E-state index in [0.29, 0.717) is 0 Å². The number of benzene rings is 9. The molecule has 0 unspecified atom stereocenters. The Hall–Kier alpha value is -6.90. The number of furan rings is 1. The summed E-state index contributed by atoms with van der Waals surface area (Å²) < 4.78 is 6.24. The fourth-order valence-electron chi connectivity index (χ4n) is 8.91. The van der Waals surface area contributed by atoms with E-state index in [0.717, 1.165) is 39.0 Å². The summed E-state index contributed by atoms with van der Waals surface area (Å²) in [5.41, 5.74) is 15.3. The molecule has 2 heteroatoms. The second kappa shape index (κ2) is 12.1. The Morgan fingerprint density at radius 2 is 0.891 bits per heavy atom. The average molecular weight is 704 g/mol. The van der Waals surface area contributed by atoms with Gasteiger partial charge in [-0.1, -0.05) is 135 Å². The lowest BCUT2D eigenvalue weighted by atomic mass is 9.82. The Kier molecular flexibility index (Phi) is 6.93. The van der Waals surface area contributed by atoms with Gasteiger partial charge in [-0.3, -0.25) is 0 Å². The normalized spacial score (nSPS) is 13.1. The van der Waals surface area contributed by atoms with Crippen LogP contribution in [0.4, 0.5) is 17.1 Å². The molecule has 10 aromatic rings. The first-order valence-electron chi connectivity index (χ1n) is 19.1. The lowest BCUT2D eigenvalue weighted by molar-refractivity contribution is 0.660. The van der Waals surface area contributed by atoms with Crippen LogP contribution >= 0.6 is 0 Å². The molecule has 1 aromatic heterocycles. The molecule has 260 valence electrons. The van der Waals surface area contributed by atoms with Gasteiger partial charge in [-0.2, -0.15) is 0 Å². The summed E-state index contributed by atoms with van der Waals surface area (Å²) in [7, 11) is 0. The summed E-state index contributed by atoms with van der Waals surface area (Å²) in [6.45, 7) is 4.69. The van der Waals surface area contributed by atoms with Gasteiger partial charge in [-0.25, -0.2) is 0 Å². The molecule has 1 aliphatic rings. The highest BCUT2D eigenvalue weighted by atomic mass is 16.3. The van der Waals surface area contributed by atoms with E-state index in [1.807, 2.05) is 12.1 Å². The molecule has 55 heavy (non-hydrogen) atoms. The predicted octanol–water partition coefficient (Wildman–Crippen LogP) is 15.0. The van der Waals surface area contributed by atoms with E-state index in [2.05, 4.69) is 195 Å². The number of para-hydroxylation sites is 1. The van der Waals surface area contributed by atoms with Gasteiger partial charge in [-0.15, -0.1) is 0 Å². The van der Waals surface area contributed by atoms with Crippen LogP contribution in [-0.4, -0.2) is 0 Å². The zero-order valence-corrected chi connectivity index (χ0v) is 30.8. The van der Waals surface area contributed by atoms with Crippen LogP contribution < -0.4 is 4.90 Å². The molecular formula is C53H37NO. The summed E-state index contributed by atoms with van der Waals surface area (Å²) in [5, 5.41) is 7.24. The molecule has 9 aromatic carbocycles. The number of hydrogen-bond donors (Lipinski definition) is 0. The Labute approximate surface area is 320 Å². The van der Waals surface area contributed by atoms with Crippen molar-refractivity contribution in [1.29, 1.82) is 0 Å². The molecule has 1 heterocycles. The first-order valence-corrected chi connectivity index (χ1v) is 19.1. The van der Waals surface area contributed by atoms with Gasteiger partial charge in [0, 0.05) is 33.2 Å². The molecule has 0 bridgehead atoms. The molecule has 0 amide bonds. The van der Waals surface area contributed by atoms with Crippen LogP contribution in [0.1, 0.15) is 25.0 Å². The Morgan fingerprint density at radius 1 is 0.364 bits per heavy atom. The maximum Gasteiger partial charge on any atom is 0.135 e. The summed E-state index contributed by atoms with van der Waals surface area (Å²) >= 11 is 0. The number of fused-ring (bicyclic) bond motifs is 8. The van der Waals surface area contributed by atoms with E-state index in [1.54, 1.807) is 0 Å². The van der Waals surface area contributed by atoms with Crippen LogP contribution in [0, 0.1) is 0 Å². The van der Waals surface area contributed by atoms with Crippen LogP contribution in [0.25, 0.3) is 76.9 Å². The van der Waals surface area contributed by atoms with Crippen molar-refractivity contribution in [3.05, 3.63) is 199 Å². The minimum atomic E-state index is -0.103. The molecule has 0 fully saturated rings. The first-order chi connectivity index (χ1) is 27.0. The summed E-state index contributed by atoms with van der Waals surface area (Å²) in [6, 6.07) is 68.6. The quantitative estimate of drug-likeness (QED) is 0.177. The number of anilines is 3. The van der Waals surface area contributed by atoms with Crippen molar-refractivity contribution in [1.82, 2.24) is 0 Å². The van der Waals surface area contributed by atoms with Crippen molar-refractivity contribution < 1.29 is 4.42 Å². The van der Waals surface area contributed by atoms with Crippen molar-refractivity contribution in [2.45, 2.75) is 19.3 Å². The van der Waals surface area contributed by atoms with Crippen LogP contribution in [0.3, 0.4) is 0 Å². The monoisotopic (exact) mass is 703 g/mol. The van der Waals surface area contributed by atoms with Gasteiger partial charge in [-0.05, 0) is 133 Å². The molecule has 11 rings (SSSR count). The zero-order valence-electron chi connectivity index (χ0n) is 30.8. The lowest BCUT2D eigenvalue weighted by Crippen LogP contribution is -2.16. The molecule has 0 spiro atoms. The third kappa shape index (κ3) is 5.10. The zero-order chi connectivity index (χ0) is 36.7. The van der Waals surface area contributed by atoms with Crippen LogP contribution in [0.5, 0.6) is 0 Å². The standard InChI is InChI=1S/C53H37NO/c1-53(2)49-13-7-5-11-45(49)46-27-25-44(33-50(46)53)54(43-26-28-52-48(32-43)47-12-6-8-14-51(47)55-52)42-23-21-35(22-24-42)37-17-18-40-31-41(20-19-39(40)30-37)38-16-15-34-9-3-4-10-36(34)29-38/h3-33H,1-2H3. The number of nitrogens with zero attached hydrogens (tertiary/aromatic N) is 1. The molecule has 2 nitrogen and oxygen atoms in total. The van der Waals surface area contributed by atoms with E-state index in [4.69, 9.17) is 4.42 Å². The fraction of sp³-hybridized carbons (Fsp3) is 0.0566. The van der Waals surface area contributed by atoms with Gasteiger partial charge >= 0.3 is 0 Å². The maximum absolute atomic E-state index is 6.24. The van der Waals surface area contributed by atoms with Crippen molar-refractivity contribution in [2.24, 2.45) is 0 Å². The highest BCUT2D eigenvalue weighted by Gasteiger charge is 2.35. The van der Waals surface area contributed by atoms with Crippen LogP contribution in [0.2, 0.25) is 0 Å². The Balaban J connectivity index is 0.983. The Bertz CT molecular complexity index is 3130. The van der Waals surface area contributed by atoms with Gasteiger partial charge in [0.2, 0.25) is 0 Å². The molecule has 0 aliphatic heterocycles. The molecule has 0 saturated heterocycles. The van der Waals surface area contributed by atoms with E-state index < -0.39 is 0 Å². The van der Waals surface area contributed by atoms with Gasteiger partial charge in [0.1, 0.15) is 11.2 Å². The third-order valence-corrected chi connectivity index (χ3v) is 11.8. The highest BCUT2D eigenvalue weighted by Crippen LogP contribution is 2.51. The van der Waals surface area contributed by atoms with Crippen molar-refractivity contribution >= 4 is 60.5 Å². The van der Waals surface area contributed by atoms with Crippen molar-refractivity contribution in [3.8, 4) is 33.4 Å². The summed E-state index contributed by atoms with van der Waals surface area (Å²) in [4.78, 5) is 2.39. The number of rotatable bonds is 5. The van der Waals surface area contributed by atoms with E-state index >= 15 is 0 Å². The fourth-order valence-corrected chi connectivity index (χ4v) is 8.91. The maximum atomic E-state index is 6.24. The molecule has 0 radical (unpaired) electrons. The van der Waals surface area contributed by atoms with Crippen molar-refractivity contribution in [2.75, 3.05) is 4.90 Å². The van der Waals surface area contributed by atoms with E-state index in [1.165, 1.54) is 66.1 Å². The van der Waals surface area contributed by atoms with Gasteiger partial charge in [0.05, 0.1) is 0 Å². The smallest absolute Gasteiger partial charge is 0.135 e. The first kappa shape index (κ1) is 31.6. The second-order valence-corrected chi connectivity index (χ2v) is 15.4. The van der Waals surface area contributed by atoms with Crippen LogP contribution in [0.15, 0.2) is 192 Å². The van der Waals surface area contributed by atoms with Crippen molar-refractivity contribution in [3.63, 3.8) is 0 Å². The molecule has 0 saturated carbocycles. The lowest BCUT2D eigenvalue weighted by Gasteiger charge is -2.28. The summed E-state index contributed by atoms with van der Waals surface area (Å²) in [5.74, 6) is 0. The molecule has 1 aliphatic carbocycles. The minimum Gasteiger partial charge on any atom is -0.456 e. The van der Waals surface area contributed by atoms with Gasteiger partial charge < -0.3 is 9.32 Å². The average Bonchev–Trinajstić information content (AvgIpc) is 3.72.